The van der Waals surface area contributed by atoms with Crippen LogP contribution in [0.4, 0.5) is 22.5 Å². The Morgan fingerprint density at radius 1 is 1.23 bits per heavy atom. The summed E-state index contributed by atoms with van der Waals surface area (Å²) in [4.78, 5) is 39.6. The summed E-state index contributed by atoms with van der Waals surface area (Å²) in [5, 5.41) is 4.27. The second kappa shape index (κ2) is 9.27. The molecule has 1 saturated heterocycles. The van der Waals surface area contributed by atoms with Crippen molar-refractivity contribution >= 4 is 23.8 Å². The molecule has 2 aliphatic heterocycles. The average molecular weight is 429 g/mol. The van der Waals surface area contributed by atoms with Gasteiger partial charge in [0.2, 0.25) is 11.9 Å². The lowest BCUT2D eigenvalue weighted by Crippen LogP contribution is -2.38. The van der Waals surface area contributed by atoms with Crippen LogP contribution in [-0.4, -0.2) is 91.0 Å². The number of hydrogen-bond donors (Lipinski definition) is 2. The smallest absolute Gasteiger partial charge is 0.378 e. The highest BCUT2D eigenvalue weighted by molar-refractivity contribution is 5.74. The van der Waals surface area contributed by atoms with E-state index in [-0.39, 0.29) is 5.95 Å². The molecule has 2 aromatic rings. The molecule has 12 nitrogen and oxygen atoms in total. The molecule has 2 aliphatic rings. The molecule has 0 radical (unpaired) electrons. The molecule has 0 aromatic carbocycles. The van der Waals surface area contributed by atoms with Crippen LogP contribution in [0.5, 0.6) is 0 Å². The normalized spacial score (nSPS) is 15.8. The van der Waals surface area contributed by atoms with E-state index in [4.69, 9.17) is 25.3 Å². The van der Waals surface area contributed by atoms with E-state index in [1.54, 1.807) is 12.4 Å². The topological polar surface area (TPSA) is 135 Å². The van der Waals surface area contributed by atoms with E-state index in [0.717, 1.165) is 17.7 Å². The van der Waals surface area contributed by atoms with Gasteiger partial charge < -0.3 is 30.4 Å². The lowest BCUT2D eigenvalue weighted by atomic mass is 10.1. The number of nitrogens with one attached hydrogen (secondary N) is 1. The molecule has 2 aromatic heterocycles. The molecule has 1 amide bonds. The van der Waals surface area contributed by atoms with E-state index in [1.807, 2.05) is 19.0 Å². The maximum Gasteiger partial charge on any atom is 0.431 e. The van der Waals surface area contributed by atoms with Crippen molar-refractivity contribution in [3.63, 3.8) is 0 Å². The Morgan fingerprint density at radius 2 is 1.97 bits per heavy atom. The Kier molecular flexibility index (Phi) is 6.28. The van der Waals surface area contributed by atoms with Gasteiger partial charge in [-0.1, -0.05) is 0 Å². The highest BCUT2D eigenvalue weighted by Gasteiger charge is 2.30. The molecule has 12 heteroatoms. The molecule has 4 heterocycles. The van der Waals surface area contributed by atoms with Crippen LogP contribution in [0.2, 0.25) is 0 Å². The number of likely N-dealkylation sites (N-methyl/N-ethyl adjacent to an activating group) is 1. The SMILES string of the molecule is CN(C)CCNC(=O)ON1CCc2c(-c3cnc(N)nc3)nc(N3CCOCC3)nc21. The van der Waals surface area contributed by atoms with Crippen LogP contribution in [0, 0.1) is 0 Å². The quantitative estimate of drug-likeness (QED) is 0.638. The van der Waals surface area contributed by atoms with Crippen molar-refractivity contribution < 1.29 is 14.4 Å². The van der Waals surface area contributed by atoms with Crippen molar-refractivity contribution in [2.45, 2.75) is 6.42 Å². The fourth-order valence-corrected chi connectivity index (χ4v) is 3.42. The molecule has 0 atom stereocenters. The number of fused-ring (bicyclic) bond motifs is 1. The summed E-state index contributed by atoms with van der Waals surface area (Å²) in [7, 11) is 3.88. The molecule has 0 aliphatic carbocycles. The van der Waals surface area contributed by atoms with Crippen molar-refractivity contribution in [1.29, 1.82) is 0 Å². The molecule has 0 bridgehead atoms. The van der Waals surface area contributed by atoms with Crippen LogP contribution in [0.25, 0.3) is 11.3 Å². The van der Waals surface area contributed by atoms with Gasteiger partial charge in [-0.15, -0.1) is 0 Å². The first kappa shape index (κ1) is 21.0. The monoisotopic (exact) mass is 429 g/mol. The highest BCUT2D eigenvalue weighted by atomic mass is 16.7. The molecule has 1 fully saturated rings. The number of nitrogens with two attached hydrogens (primary N) is 1. The third kappa shape index (κ3) is 4.91. The number of hydroxylamine groups is 1. The van der Waals surface area contributed by atoms with E-state index < -0.39 is 6.09 Å². The molecular formula is C19H27N9O3. The summed E-state index contributed by atoms with van der Waals surface area (Å²) in [6.45, 7) is 4.27. The third-order valence-corrected chi connectivity index (χ3v) is 5.04. The second-order valence-corrected chi connectivity index (χ2v) is 7.56. The fraction of sp³-hybridized carbons (Fsp3) is 0.526. The third-order valence-electron chi connectivity index (χ3n) is 5.04. The summed E-state index contributed by atoms with van der Waals surface area (Å²) in [6, 6.07) is 0. The molecule has 0 unspecified atom stereocenters. The fourth-order valence-electron chi connectivity index (χ4n) is 3.42. The van der Waals surface area contributed by atoms with Gasteiger partial charge in [0.25, 0.3) is 0 Å². The largest absolute Gasteiger partial charge is 0.431 e. The number of hydrogen-bond acceptors (Lipinski definition) is 11. The zero-order valence-corrected chi connectivity index (χ0v) is 17.7. The van der Waals surface area contributed by atoms with E-state index in [1.165, 1.54) is 5.06 Å². The Hall–Kier alpha value is -3.25. The number of aromatic nitrogens is 4. The first-order valence-electron chi connectivity index (χ1n) is 10.2. The summed E-state index contributed by atoms with van der Waals surface area (Å²) in [6.07, 6.45) is 3.40. The minimum atomic E-state index is -0.515. The van der Waals surface area contributed by atoms with E-state index >= 15 is 0 Å². The minimum absolute atomic E-state index is 0.196. The van der Waals surface area contributed by atoms with Crippen LogP contribution >= 0.6 is 0 Å². The Balaban J connectivity index is 1.62. The van der Waals surface area contributed by atoms with Crippen LogP contribution in [0.3, 0.4) is 0 Å². The molecule has 4 rings (SSSR count). The van der Waals surface area contributed by atoms with Gasteiger partial charge in [-0.3, -0.25) is 0 Å². The van der Waals surface area contributed by atoms with Gasteiger partial charge in [0.1, 0.15) is 0 Å². The van der Waals surface area contributed by atoms with E-state index in [9.17, 15) is 4.79 Å². The first-order valence-corrected chi connectivity index (χ1v) is 10.2. The van der Waals surface area contributed by atoms with Crippen molar-refractivity contribution in [3.05, 3.63) is 18.0 Å². The van der Waals surface area contributed by atoms with Gasteiger partial charge >= 0.3 is 6.09 Å². The number of ether oxygens (including phenoxy) is 1. The average Bonchev–Trinajstić information content (AvgIpc) is 3.16. The van der Waals surface area contributed by atoms with Crippen LogP contribution in [0.1, 0.15) is 5.56 Å². The number of morpholine rings is 1. The predicted octanol–water partition coefficient (Wildman–Crippen LogP) is -0.0823. The lowest BCUT2D eigenvalue weighted by molar-refractivity contribution is 0.122. The standard InChI is InChI=1S/C19H27N9O3/c1-26(2)6-4-21-19(29)31-28-5-3-14-15(13-11-22-17(20)23-12-13)24-18(25-16(14)28)27-7-9-30-10-8-27/h11-12H,3-10H2,1-2H3,(H,21,29)(H2,20,22,23). The zero-order chi connectivity index (χ0) is 21.8. The zero-order valence-electron chi connectivity index (χ0n) is 17.7. The van der Waals surface area contributed by atoms with Gasteiger partial charge in [0, 0.05) is 49.7 Å². The van der Waals surface area contributed by atoms with Gasteiger partial charge in [-0.2, -0.15) is 10.0 Å². The number of amides is 1. The summed E-state index contributed by atoms with van der Waals surface area (Å²) in [5.74, 6) is 1.32. The Labute approximate surface area is 180 Å². The Bertz CT molecular complexity index is 917. The van der Waals surface area contributed by atoms with Crippen LogP contribution in [0.15, 0.2) is 12.4 Å². The molecule has 166 valence electrons. The van der Waals surface area contributed by atoms with Crippen LogP contribution in [-0.2, 0) is 16.0 Å². The number of rotatable bonds is 6. The van der Waals surface area contributed by atoms with Crippen molar-refractivity contribution in [1.82, 2.24) is 30.2 Å². The maximum atomic E-state index is 12.3. The van der Waals surface area contributed by atoms with Crippen molar-refractivity contribution in [2.24, 2.45) is 0 Å². The van der Waals surface area contributed by atoms with Crippen LogP contribution < -0.4 is 21.0 Å². The van der Waals surface area contributed by atoms with Crippen molar-refractivity contribution in [2.75, 3.05) is 75.7 Å². The number of nitrogens with zero attached hydrogens (tertiary/aromatic N) is 7. The molecular weight excluding hydrogens is 402 g/mol. The summed E-state index contributed by atoms with van der Waals surface area (Å²) < 4.78 is 5.45. The number of carbonyl (C=O) groups excluding carboxylic acids is 1. The van der Waals surface area contributed by atoms with Gasteiger partial charge in [-0.25, -0.2) is 19.7 Å². The molecule has 31 heavy (non-hydrogen) atoms. The van der Waals surface area contributed by atoms with Gasteiger partial charge in [0.15, 0.2) is 5.82 Å². The first-order chi connectivity index (χ1) is 15.0. The van der Waals surface area contributed by atoms with E-state index in [0.29, 0.717) is 63.3 Å². The molecule has 0 saturated carbocycles. The maximum absolute atomic E-state index is 12.3. The molecule has 0 spiro atoms. The number of anilines is 3. The van der Waals surface area contributed by atoms with E-state index in [2.05, 4.69) is 20.2 Å². The number of nitrogen functional groups attached to an aromatic ring is 1. The highest BCUT2D eigenvalue weighted by Crippen LogP contribution is 2.35. The Morgan fingerprint density at radius 3 is 2.68 bits per heavy atom. The van der Waals surface area contributed by atoms with Gasteiger partial charge in [-0.05, 0) is 20.5 Å². The van der Waals surface area contributed by atoms with Gasteiger partial charge in [0.05, 0.1) is 25.5 Å². The summed E-state index contributed by atoms with van der Waals surface area (Å²) in [5.41, 5.74) is 7.98. The molecule has 3 N–H and O–H groups in total. The summed E-state index contributed by atoms with van der Waals surface area (Å²) >= 11 is 0. The number of carbonyl (C=O) groups is 1. The second-order valence-electron chi connectivity index (χ2n) is 7.56. The van der Waals surface area contributed by atoms with Crippen molar-refractivity contribution in [3.8, 4) is 11.3 Å². The lowest BCUT2D eigenvalue weighted by Gasteiger charge is -2.28. The minimum Gasteiger partial charge on any atom is -0.378 e. The predicted molar refractivity (Wildman–Crippen MR) is 115 cm³/mol.